The number of nitrogens with one attached hydrogen (secondary N) is 2. The lowest BCUT2D eigenvalue weighted by Crippen LogP contribution is -2.39. The van der Waals surface area contributed by atoms with Gasteiger partial charge in [0.25, 0.3) is 5.91 Å². The Morgan fingerprint density at radius 2 is 1.89 bits per heavy atom. The van der Waals surface area contributed by atoms with E-state index in [1.807, 2.05) is 56.4 Å². The van der Waals surface area contributed by atoms with E-state index >= 15 is 0 Å². The van der Waals surface area contributed by atoms with Crippen molar-refractivity contribution >= 4 is 28.4 Å². The van der Waals surface area contributed by atoms with Gasteiger partial charge in [0.05, 0.1) is 34.9 Å². The minimum atomic E-state index is -0.485. The van der Waals surface area contributed by atoms with E-state index < -0.39 is 6.04 Å². The molecule has 0 unspecified atom stereocenters. The first-order valence-corrected chi connectivity index (χ1v) is 11.7. The van der Waals surface area contributed by atoms with Crippen LogP contribution in [0.15, 0.2) is 66.9 Å². The van der Waals surface area contributed by atoms with Crippen LogP contribution in [0.1, 0.15) is 35.3 Å². The number of para-hydroxylation sites is 1. The second-order valence-electron chi connectivity index (χ2n) is 8.60. The van der Waals surface area contributed by atoms with Crippen molar-refractivity contribution in [2.75, 3.05) is 6.61 Å². The molecule has 35 heavy (non-hydrogen) atoms. The largest absolute Gasteiger partial charge is 0.490 e. The second-order valence-corrected chi connectivity index (χ2v) is 9.01. The van der Waals surface area contributed by atoms with Gasteiger partial charge in [0.1, 0.15) is 11.8 Å². The third-order valence-corrected chi connectivity index (χ3v) is 6.02. The van der Waals surface area contributed by atoms with Gasteiger partial charge < -0.3 is 20.1 Å². The lowest BCUT2D eigenvalue weighted by atomic mass is 10.00. The minimum Gasteiger partial charge on any atom is -0.490 e. The van der Waals surface area contributed by atoms with E-state index in [9.17, 15) is 9.90 Å². The van der Waals surface area contributed by atoms with Gasteiger partial charge >= 0.3 is 0 Å². The number of benzene rings is 3. The molecular formula is C28H26ClN3O3. The van der Waals surface area contributed by atoms with Gasteiger partial charge in [0.15, 0.2) is 0 Å². The standard InChI is InChI=1S/C28H26ClN3O3/c1-17(2)35-27-10-9-18(19-7-8-20(14-30)25(29)13-19)12-24(27)28(34)32-22(16-33)11-21-15-31-26-6-4-3-5-23(21)26/h3-10,12-13,15,17,22,31,33H,11,16H2,1-2H3,(H,32,34)/t22-/m1/s1. The highest BCUT2D eigenvalue weighted by Crippen LogP contribution is 2.30. The van der Waals surface area contributed by atoms with Crippen molar-refractivity contribution < 1.29 is 14.6 Å². The smallest absolute Gasteiger partial charge is 0.255 e. The van der Waals surface area contributed by atoms with Crippen molar-refractivity contribution in [3.63, 3.8) is 0 Å². The maximum atomic E-state index is 13.4. The van der Waals surface area contributed by atoms with E-state index in [1.165, 1.54) is 0 Å². The number of nitriles is 1. The van der Waals surface area contributed by atoms with Crippen molar-refractivity contribution in [2.24, 2.45) is 0 Å². The summed E-state index contributed by atoms with van der Waals surface area (Å²) in [5, 5.41) is 23.5. The topological polar surface area (TPSA) is 98.1 Å². The van der Waals surface area contributed by atoms with Crippen molar-refractivity contribution in [3.8, 4) is 22.9 Å². The number of halogens is 1. The van der Waals surface area contributed by atoms with Crippen LogP contribution in [-0.4, -0.2) is 34.8 Å². The third kappa shape index (κ3) is 5.48. The highest BCUT2D eigenvalue weighted by Gasteiger charge is 2.20. The zero-order valence-electron chi connectivity index (χ0n) is 19.5. The van der Waals surface area contributed by atoms with E-state index in [4.69, 9.17) is 21.6 Å². The predicted octanol–water partition coefficient (Wildman–Crippen LogP) is 5.48. The summed E-state index contributed by atoms with van der Waals surface area (Å²) in [5.74, 6) is 0.103. The first kappa shape index (κ1) is 24.3. The molecule has 0 fully saturated rings. The molecule has 1 heterocycles. The van der Waals surface area contributed by atoms with Gasteiger partial charge in [-0.3, -0.25) is 4.79 Å². The van der Waals surface area contributed by atoms with Crippen LogP contribution >= 0.6 is 11.6 Å². The van der Waals surface area contributed by atoms with Gasteiger partial charge in [-0.05, 0) is 67.3 Å². The van der Waals surface area contributed by atoms with Crippen molar-refractivity contribution in [1.82, 2.24) is 10.3 Å². The molecule has 1 atom stereocenters. The summed E-state index contributed by atoms with van der Waals surface area (Å²) in [6, 6.07) is 20.0. The van der Waals surface area contributed by atoms with E-state index in [0.29, 0.717) is 28.3 Å². The van der Waals surface area contributed by atoms with E-state index in [-0.39, 0.29) is 18.6 Å². The number of carbonyl (C=O) groups excluding carboxylic acids is 1. The highest BCUT2D eigenvalue weighted by atomic mass is 35.5. The lowest BCUT2D eigenvalue weighted by molar-refractivity contribution is 0.0910. The molecule has 0 aliphatic carbocycles. The number of amides is 1. The quantitative estimate of drug-likeness (QED) is 0.306. The summed E-state index contributed by atoms with van der Waals surface area (Å²) >= 11 is 6.22. The molecule has 178 valence electrons. The number of H-pyrrole nitrogens is 1. The van der Waals surface area contributed by atoms with Crippen LogP contribution in [0.25, 0.3) is 22.0 Å². The number of aromatic nitrogens is 1. The number of rotatable bonds is 8. The monoisotopic (exact) mass is 487 g/mol. The Balaban J connectivity index is 1.62. The van der Waals surface area contributed by atoms with Gasteiger partial charge in [-0.2, -0.15) is 5.26 Å². The molecule has 4 aromatic rings. The molecule has 0 aliphatic rings. The summed E-state index contributed by atoms with van der Waals surface area (Å²) in [6.45, 7) is 3.57. The van der Waals surface area contributed by atoms with Crippen molar-refractivity contribution in [2.45, 2.75) is 32.4 Å². The minimum absolute atomic E-state index is 0.128. The molecular weight excluding hydrogens is 462 g/mol. The van der Waals surface area contributed by atoms with Gasteiger partial charge in [-0.1, -0.05) is 41.9 Å². The average molecular weight is 488 g/mol. The predicted molar refractivity (Wildman–Crippen MR) is 138 cm³/mol. The summed E-state index contributed by atoms with van der Waals surface area (Å²) in [4.78, 5) is 16.6. The molecule has 1 amide bonds. The maximum Gasteiger partial charge on any atom is 0.255 e. The molecule has 6 nitrogen and oxygen atoms in total. The highest BCUT2D eigenvalue weighted by molar-refractivity contribution is 6.32. The van der Waals surface area contributed by atoms with Gasteiger partial charge in [0, 0.05) is 17.1 Å². The number of aromatic amines is 1. The third-order valence-electron chi connectivity index (χ3n) is 5.71. The molecule has 3 N–H and O–H groups in total. The fourth-order valence-corrected chi connectivity index (χ4v) is 4.24. The SMILES string of the molecule is CC(C)Oc1ccc(-c2ccc(C#N)c(Cl)c2)cc1C(=O)N[C@@H](CO)Cc1c[nH]c2ccccc12. The molecule has 4 rings (SSSR count). The van der Waals surface area contributed by atoms with Gasteiger partial charge in [-0.15, -0.1) is 0 Å². The van der Waals surface area contributed by atoms with E-state index in [0.717, 1.165) is 27.6 Å². The Morgan fingerprint density at radius 1 is 1.14 bits per heavy atom. The summed E-state index contributed by atoms with van der Waals surface area (Å²) in [6.07, 6.45) is 2.25. The number of nitrogens with zero attached hydrogens (tertiary/aromatic N) is 1. The average Bonchev–Trinajstić information content (AvgIpc) is 3.26. The number of aliphatic hydroxyl groups excluding tert-OH is 1. The Bertz CT molecular complexity index is 1400. The normalized spacial score (nSPS) is 11.9. The fraction of sp³-hybridized carbons (Fsp3) is 0.214. The molecule has 0 spiro atoms. The van der Waals surface area contributed by atoms with Crippen molar-refractivity contribution in [1.29, 1.82) is 5.26 Å². The number of hydrogen-bond donors (Lipinski definition) is 3. The first-order chi connectivity index (χ1) is 16.9. The summed E-state index contributed by atoms with van der Waals surface area (Å²) in [7, 11) is 0. The maximum absolute atomic E-state index is 13.4. The summed E-state index contributed by atoms with van der Waals surface area (Å²) in [5.41, 5.74) is 4.29. The van der Waals surface area contributed by atoms with Crippen LogP contribution in [0.3, 0.4) is 0 Å². The zero-order valence-corrected chi connectivity index (χ0v) is 20.3. The fourth-order valence-electron chi connectivity index (χ4n) is 4.02. The molecule has 3 aromatic carbocycles. The number of hydrogen-bond acceptors (Lipinski definition) is 4. The van der Waals surface area contributed by atoms with Crippen LogP contribution in [0.5, 0.6) is 5.75 Å². The Hall–Kier alpha value is -3.79. The van der Waals surface area contributed by atoms with Crippen LogP contribution in [0.4, 0.5) is 0 Å². The zero-order chi connectivity index (χ0) is 24.9. The second kappa shape index (κ2) is 10.6. The Kier molecular flexibility index (Phi) is 7.40. The molecule has 0 bridgehead atoms. The molecule has 1 aromatic heterocycles. The lowest BCUT2D eigenvalue weighted by Gasteiger charge is -2.19. The molecule has 0 radical (unpaired) electrons. The molecule has 7 heteroatoms. The van der Waals surface area contributed by atoms with Crippen LogP contribution in [0.2, 0.25) is 5.02 Å². The van der Waals surface area contributed by atoms with Crippen LogP contribution in [-0.2, 0) is 6.42 Å². The Morgan fingerprint density at radius 3 is 2.60 bits per heavy atom. The molecule has 0 saturated heterocycles. The van der Waals surface area contributed by atoms with Crippen molar-refractivity contribution in [3.05, 3.63) is 88.6 Å². The molecule has 0 aliphatic heterocycles. The molecule has 0 saturated carbocycles. The van der Waals surface area contributed by atoms with E-state index in [1.54, 1.807) is 30.3 Å². The number of aliphatic hydroxyl groups is 1. The number of carbonyl (C=O) groups is 1. The van der Waals surface area contributed by atoms with E-state index in [2.05, 4.69) is 10.3 Å². The number of fused-ring (bicyclic) bond motifs is 1. The first-order valence-electron chi connectivity index (χ1n) is 11.4. The van der Waals surface area contributed by atoms with Gasteiger partial charge in [-0.25, -0.2) is 0 Å². The Labute approximate surface area is 209 Å². The van der Waals surface area contributed by atoms with Gasteiger partial charge in [0.2, 0.25) is 0 Å². The van der Waals surface area contributed by atoms with Crippen LogP contribution in [0, 0.1) is 11.3 Å². The summed E-state index contributed by atoms with van der Waals surface area (Å²) < 4.78 is 5.90. The van der Waals surface area contributed by atoms with Crippen LogP contribution < -0.4 is 10.1 Å². The number of ether oxygens (including phenoxy) is 1.